The Labute approximate surface area is 202 Å². The monoisotopic (exact) mass is 503 g/mol. The Kier molecular flexibility index (Phi) is 7.98. The number of anilines is 1. The molecule has 0 radical (unpaired) electrons. The van der Waals surface area contributed by atoms with Crippen LogP contribution in [0.1, 0.15) is 5.56 Å². The minimum atomic E-state index is -4.11. The van der Waals surface area contributed by atoms with Crippen molar-refractivity contribution in [2.45, 2.75) is 4.90 Å². The number of methoxy groups -OCH3 is 2. The smallest absolute Gasteiger partial charge is 0.264 e. The van der Waals surface area contributed by atoms with Crippen molar-refractivity contribution in [3.8, 4) is 17.2 Å². The summed E-state index contributed by atoms with van der Waals surface area (Å²) in [5, 5.41) is 14.3. The number of hydrogen-bond acceptors (Lipinski definition) is 7. The first kappa shape index (κ1) is 24.9. The Morgan fingerprint density at radius 1 is 1.06 bits per heavy atom. The van der Waals surface area contributed by atoms with E-state index in [-0.39, 0.29) is 22.1 Å². The molecular formula is C23H22ClN3O6S. The SMILES string of the molecule is COc1ccc(S(=O)(=O)N(CC(=O)N/N=C\c2cccc(OC)c2O)c2ccc(Cl)cc2)cc1. The van der Waals surface area contributed by atoms with Crippen molar-refractivity contribution >= 4 is 39.4 Å². The molecule has 0 bridgehead atoms. The van der Waals surface area contributed by atoms with Crippen LogP contribution in [0.4, 0.5) is 5.69 Å². The molecule has 0 spiro atoms. The van der Waals surface area contributed by atoms with Crippen molar-refractivity contribution in [2.24, 2.45) is 5.10 Å². The first-order chi connectivity index (χ1) is 16.3. The van der Waals surface area contributed by atoms with Crippen molar-refractivity contribution in [1.29, 1.82) is 0 Å². The maximum absolute atomic E-state index is 13.4. The summed E-state index contributed by atoms with van der Waals surface area (Å²) in [7, 11) is -1.23. The Balaban J connectivity index is 1.84. The average molecular weight is 504 g/mol. The van der Waals surface area contributed by atoms with Crippen LogP contribution in [0.15, 0.2) is 76.7 Å². The van der Waals surface area contributed by atoms with Crippen LogP contribution in [0.5, 0.6) is 17.2 Å². The number of benzene rings is 3. The summed E-state index contributed by atoms with van der Waals surface area (Å²) >= 11 is 5.94. The third kappa shape index (κ3) is 5.77. The lowest BCUT2D eigenvalue weighted by atomic mass is 10.2. The largest absolute Gasteiger partial charge is 0.504 e. The molecule has 0 aliphatic rings. The molecule has 0 unspecified atom stereocenters. The second-order valence-corrected chi connectivity index (χ2v) is 9.15. The number of phenols is 1. The van der Waals surface area contributed by atoms with Gasteiger partial charge in [0.15, 0.2) is 11.5 Å². The summed E-state index contributed by atoms with van der Waals surface area (Å²) in [6.07, 6.45) is 1.22. The molecule has 178 valence electrons. The number of aromatic hydroxyl groups is 1. The number of ether oxygens (including phenoxy) is 2. The molecule has 11 heteroatoms. The van der Waals surface area contributed by atoms with Gasteiger partial charge in [0, 0.05) is 10.6 Å². The molecule has 0 atom stereocenters. The zero-order chi connectivity index (χ0) is 24.7. The molecule has 0 heterocycles. The number of hydrazone groups is 1. The normalized spacial score (nSPS) is 11.3. The first-order valence-electron chi connectivity index (χ1n) is 9.86. The van der Waals surface area contributed by atoms with E-state index in [1.54, 1.807) is 18.2 Å². The number of carbonyl (C=O) groups is 1. The number of nitrogens with one attached hydrogen (secondary N) is 1. The Morgan fingerprint density at radius 2 is 1.74 bits per heavy atom. The molecule has 2 N–H and O–H groups in total. The van der Waals surface area contributed by atoms with Crippen LogP contribution in [0.25, 0.3) is 0 Å². The van der Waals surface area contributed by atoms with Crippen molar-refractivity contribution in [3.05, 3.63) is 77.3 Å². The maximum atomic E-state index is 13.4. The average Bonchev–Trinajstić information content (AvgIpc) is 2.84. The summed E-state index contributed by atoms with van der Waals surface area (Å²) in [6.45, 7) is -0.558. The molecule has 3 aromatic carbocycles. The van der Waals surface area contributed by atoms with E-state index in [1.165, 1.54) is 69.0 Å². The van der Waals surface area contributed by atoms with Crippen LogP contribution in [-0.4, -0.2) is 46.4 Å². The molecule has 0 saturated heterocycles. The van der Waals surface area contributed by atoms with Gasteiger partial charge >= 0.3 is 0 Å². The van der Waals surface area contributed by atoms with E-state index >= 15 is 0 Å². The summed E-state index contributed by atoms with van der Waals surface area (Å²) in [5.41, 5.74) is 2.82. The van der Waals surface area contributed by atoms with Crippen molar-refractivity contribution in [2.75, 3.05) is 25.1 Å². The zero-order valence-electron chi connectivity index (χ0n) is 18.3. The standard InChI is InChI=1S/C23H22ClN3O6S/c1-32-19-10-12-20(13-11-19)34(30,31)27(18-8-6-17(24)7-9-18)15-22(28)26-25-14-16-4-3-5-21(33-2)23(16)29/h3-14,29H,15H2,1-2H3,(H,26,28)/b25-14-. The highest BCUT2D eigenvalue weighted by atomic mass is 35.5. The van der Waals surface area contributed by atoms with Crippen molar-refractivity contribution < 1.29 is 27.8 Å². The highest BCUT2D eigenvalue weighted by Crippen LogP contribution is 2.28. The highest BCUT2D eigenvalue weighted by molar-refractivity contribution is 7.92. The molecule has 3 rings (SSSR count). The van der Waals surface area contributed by atoms with Gasteiger partial charge in [-0.15, -0.1) is 0 Å². The number of nitrogens with zero attached hydrogens (tertiary/aromatic N) is 2. The Bertz CT molecular complexity index is 1280. The molecule has 3 aromatic rings. The Hall–Kier alpha value is -3.76. The second kappa shape index (κ2) is 10.9. The first-order valence-corrected chi connectivity index (χ1v) is 11.7. The fraction of sp³-hybridized carbons (Fsp3) is 0.130. The van der Waals surface area contributed by atoms with Gasteiger partial charge in [-0.05, 0) is 60.7 Å². The summed E-state index contributed by atoms with van der Waals surface area (Å²) < 4.78 is 37.8. The van der Waals surface area contributed by atoms with Crippen LogP contribution in [-0.2, 0) is 14.8 Å². The van der Waals surface area contributed by atoms with Gasteiger partial charge in [-0.3, -0.25) is 9.10 Å². The molecule has 0 aromatic heterocycles. The molecule has 0 aliphatic carbocycles. The van der Waals surface area contributed by atoms with E-state index in [2.05, 4.69) is 10.5 Å². The predicted molar refractivity (Wildman–Crippen MR) is 129 cm³/mol. The van der Waals surface area contributed by atoms with Crippen LogP contribution < -0.4 is 19.2 Å². The van der Waals surface area contributed by atoms with Gasteiger partial charge in [0.05, 0.1) is 31.0 Å². The number of para-hydroxylation sites is 1. The number of amides is 1. The Morgan fingerprint density at radius 3 is 2.35 bits per heavy atom. The number of halogens is 1. The van der Waals surface area contributed by atoms with E-state index < -0.39 is 22.5 Å². The fourth-order valence-electron chi connectivity index (χ4n) is 2.95. The number of phenolic OH excluding ortho intramolecular Hbond substituents is 1. The number of sulfonamides is 1. The van der Waals surface area contributed by atoms with Crippen LogP contribution in [0.3, 0.4) is 0 Å². The quantitative estimate of drug-likeness (QED) is 0.341. The molecule has 9 nitrogen and oxygen atoms in total. The lowest BCUT2D eigenvalue weighted by Gasteiger charge is -2.23. The zero-order valence-corrected chi connectivity index (χ0v) is 19.9. The summed E-state index contributed by atoms with van der Waals surface area (Å²) in [6, 6.07) is 16.6. The minimum Gasteiger partial charge on any atom is -0.504 e. The molecular weight excluding hydrogens is 482 g/mol. The lowest BCUT2D eigenvalue weighted by molar-refractivity contribution is -0.119. The third-order valence-electron chi connectivity index (χ3n) is 4.69. The van der Waals surface area contributed by atoms with Gasteiger partial charge in [-0.1, -0.05) is 17.7 Å². The summed E-state index contributed by atoms with van der Waals surface area (Å²) in [4.78, 5) is 12.6. The van der Waals surface area contributed by atoms with Gasteiger partial charge in [0.2, 0.25) is 0 Å². The van der Waals surface area contributed by atoms with E-state index in [9.17, 15) is 18.3 Å². The molecule has 0 aliphatic heterocycles. The van der Waals surface area contributed by atoms with Crippen LogP contribution >= 0.6 is 11.6 Å². The molecule has 0 fully saturated rings. The molecule has 0 saturated carbocycles. The predicted octanol–water partition coefficient (Wildman–Crippen LogP) is 3.41. The number of carbonyl (C=O) groups excluding carboxylic acids is 1. The summed E-state index contributed by atoms with van der Waals surface area (Å²) in [5.74, 6) is -0.113. The van der Waals surface area contributed by atoms with Crippen LogP contribution in [0.2, 0.25) is 5.02 Å². The van der Waals surface area contributed by atoms with Crippen molar-refractivity contribution in [3.63, 3.8) is 0 Å². The fourth-order valence-corrected chi connectivity index (χ4v) is 4.49. The van der Waals surface area contributed by atoms with E-state index in [0.717, 1.165) is 4.31 Å². The van der Waals surface area contributed by atoms with Gasteiger partial charge in [-0.2, -0.15) is 5.10 Å². The van der Waals surface area contributed by atoms with Gasteiger partial charge in [0.25, 0.3) is 15.9 Å². The van der Waals surface area contributed by atoms with Crippen molar-refractivity contribution in [1.82, 2.24) is 5.43 Å². The second-order valence-electron chi connectivity index (χ2n) is 6.85. The maximum Gasteiger partial charge on any atom is 0.264 e. The third-order valence-corrected chi connectivity index (χ3v) is 6.73. The van der Waals surface area contributed by atoms with E-state index in [1.807, 2.05) is 0 Å². The van der Waals surface area contributed by atoms with E-state index in [0.29, 0.717) is 16.3 Å². The lowest BCUT2D eigenvalue weighted by Crippen LogP contribution is -2.39. The number of hydrogen-bond donors (Lipinski definition) is 2. The van der Waals surface area contributed by atoms with Gasteiger partial charge < -0.3 is 14.6 Å². The topological polar surface area (TPSA) is 118 Å². The van der Waals surface area contributed by atoms with E-state index in [4.69, 9.17) is 21.1 Å². The van der Waals surface area contributed by atoms with Crippen LogP contribution in [0, 0.1) is 0 Å². The number of rotatable bonds is 9. The molecule has 1 amide bonds. The minimum absolute atomic E-state index is 0.0270. The van der Waals surface area contributed by atoms with Gasteiger partial charge in [0.1, 0.15) is 12.3 Å². The highest BCUT2D eigenvalue weighted by Gasteiger charge is 2.27. The molecule has 34 heavy (non-hydrogen) atoms. The van der Waals surface area contributed by atoms with Gasteiger partial charge in [-0.25, -0.2) is 13.8 Å².